The molecule has 0 amide bonds. The molecular weight excluding hydrogens is 298 g/mol. The number of methoxy groups -OCH3 is 1. The number of guanidine groups is 1. The summed E-state index contributed by atoms with van der Waals surface area (Å²) in [4.78, 5) is 15.2. The third-order valence-corrected chi connectivity index (χ3v) is 3.66. The van der Waals surface area contributed by atoms with E-state index in [1.807, 2.05) is 0 Å². The minimum atomic E-state index is -0.137. The van der Waals surface area contributed by atoms with Crippen molar-refractivity contribution in [1.82, 2.24) is 10.6 Å². The minimum Gasteiger partial charge on any atom is -0.469 e. The largest absolute Gasteiger partial charge is 0.469 e. The fourth-order valence-electron chi connectivity index (χ4n) is 2.27. The third-order valence-electron chi connectivity index (χ3n) is 3.66. The Kier molecular flexibility index (Phi) is 11.3. The van der Waals surface area contributed by atoms with Crippen molar-refractivity contribution in [2.75, 3.05) is 47.1 Å². The molecule has 7 nitrogen and oxygen atoms in total. The summed E-state index contributed by atoms with van der Waals surface area (Å²) >= 11 is 0. The van der Waals surface area contributed by atoms with E-state index in [1.54, 1.807) is 7.05 Å². The molecule has 1 fully saturated rings. The lowest BCUT2D eigenvalue weighted by Gasteiger charge is -2.13. The van der Waals surface area contributed by atoms with Gasteiger partial charge in [0.05, 0.1) is 19.8 Å². The van der Waals surface area contributed by atoms with Crippen molar-refractivity contribution in [3.05, 3.63) is 0 Å². The molecule has 1 aliphatic rings. The topological polar surface area (TPSA) is 81.2 Å². The van der Waals surface area contributed by atoms with Crippen LogP contribution in [0.15, 0.2) is 4.99 Å². The van der Waals surface area contributed by atoms with Crippen molar-refractivity contribution in [1.29, 1.82) is 0 Å². The van der Waals surface area contributed by atoms with Gasteiger partial charge >= 0.3 is 5.97 Å². The molecule has 1 unspecified atom stereocenters. The summed E-state index contributed by atoms with van der Waals surface area (Å²) in [6, 6.07) is 0. The molecule has 0 aliphatic carbocycles. The predicted octanol–water partition coefficient (Wildman–Crippen LogP) is 1.08. The molecule has 0 aromatic rings. The maximum atomic E-state index is 11.0. The van der Waals surface area contributed by atoms with Gasteiger partial charge in [-0.25, -0.2) is 0 Å². The molecule has 0 aromatic carbocycles. The summed E-state index contributed by atoms with van der Waals surface area (Å²) in [5.74, 6) is 0.670. The average molecular weight is 329 g/mol. The smallest absolute Gasteiger partial charge is 0.305 e. The zero-order valence-corrected chi connectivity index (χ0v) is 14.4. The number of unbranched alkanes of at least 4 members (excludes halogenated alkanes) is 2. The molecule has 134 valence electrons. The molecule has 0 radical (unpaired) electrons. The van der Waals surface area contributed by atoms with Gasteiger partial charge in [-0.15, -0.1) is 0 Å². The lowest BCUT2D eigenvalue weighted by molar-refractivity contribution is -0.140. The average Bonchev–Trinajstić information content (AvgIpc) is 3.08. The molecule has 1 rings (SSSR count). The Morgan fingerprint density at radius 2 is 2.00 bits per heavy atom. The van der Waals surface area contributed by atoms with Crippen LogP contribution in [0.25, 0.3) is 0 Å². The highest BCUT2D eigenvalue weighted by atomic mass is 16.5. The van der Waals surface area contributed by atoms with Crippen molar-refractivity contribution in [3.63, 3.8) is 0 Å². The molecule has 1 aliphatic heterocycles. The van der Waals surface area contributed by atoms with Crippen molar-refractivity contribution in [2.45, 2.75) is 44.6 Å². The van der Waals surface area contributed by atoms with E-state index in [-0.39, 0.29) is 12.1 Å². The van der Waals surface area contributed by atoms with Crippen LogP contribution < -0.4 is 10.6 Å². The Morgan fingerprint density at radius 1 is 1.22 bits per heavy atom. The van der Waals surface area contributed by atoms with Gasteiger partial charge in [0.2, 0.25) is 0 Å². The second-order valence-electron chi connectivity index (χ2n) is 5.52. The van der Waals surface area contributed by atoms with E-state index in [9.17, 15) is 4.79 Å². The molecular formula is C16H31N3O4. The highest BCUT2D eigenvalue weighted by Crippen LogP contribution is 2.07. The number of nitrogens with zero attached hydrogens (tertiary/aromatic N) is 1. The number of carbonyl (C=O) groups excluding carboxylic acids is 1. The SMILES string of the molecule is CN=C(NCCCCCC(=O)OC)NCCCOC1CCOC1. The lowest BCUT2D eigenvalue weighted by Crippen LogP contribution is -2.38. The maximum absolute atomic E-state index is 11.0. The first kappa shape index (κ1) is 19.7. The molecule has 1 heterocycles. The standard InChI is InChI=1S/C16H31N3O4/c1-17-16(18-9-5-3-4-7-15(20)21-2)19-10-6-11-23-14-8-12-22-13-14/h14H,3-13H2,1-2H3,(H2,17,18,19). The number of hydrogen-bond acceptors (Lipinski definition) is 5. The molecule has 0 saturated carbocycles. The van der Waals surface area contributed by atoms with Gasteiger partial charge in [0, 0.05) is 39.8 Å². The van der Waals surface area contributed by atoms with Crippen LogP contribution in [0, 0.1) is 0 Å². The van der Waals surface area contributed by atoms with Gasteiger partial charge in [-0.05, 0) is 25.7 Å². The first-order valence-corrected chi connectivity index (χ1v) is 8.47. The van der Waals surface area contributed by atoms with E-state index in [0.717, 1.165) is 71.0 Å². The maximum Gasteiger partial charge on any atom is 0.305 e. The zero-order valence-electron chi connectivity index (χ0n) is 14.4. The Balaban J connectivity index is 1.92. The van der Waals surface area contributed by atoms with Crippen LogP contribution in [0.3, 0.4) is 0 Å². The van der Waals surface area contributed by atoms with Crippen LogP contribution in [0.4, 0.5) is 0 Å². The van der Waals surface area contributed by atoms with Gasteiger partial charge in [-0.3, -0.25) is 9.79 Å². The predicted molar refractivity (Wildman–Crippen MR) is 89.6 cm³/mol. The second-order valence-corrected chi connectivity index (χ2v) is 5.52. The fourth-order valence-corrected chi connectivity index (χ4v) is 2.27. The van der Waals surface area contributed by atoms with Crippen LogP contribution in [-0.2, 0) is 19.0 Å². The second kappa shape index (κ2) is 13.1. The van der Waals surface area contributed by atoms with Gasteiger partial charge in [0.1, 0.15) is 0 Å². The lowest BCUT2D eigenvalue weighted by atomic mass is 10.2. The Labute approximate surface area is 139 Å². The number of rotatable bonds is 11. The number of aliphatic imine (C=N–C) groups is 1. The fraction of sp³-hybridized carbons (Fsp3) is 0.875. The van der Waals surface area contributed by atoms with Gasteiger partial charge in [-0.1, -0.05) is 6.42 Å². The molecule has 0 spiro atoms. The van der Waals surface area contributed by atoms with Crippen LogP contribution in [0.1, 0.15) is 38.5 Å². The van der Waals surface area contributed by atoms with E-state index >= 15 is 0 Å². The molecule has 1 atom stereocenters. The van der Waals surface area contributed by atoms with Gasteiger partial charge in [0.15, 0.2) is 5.96 Å². The number of carbonyl (C=O) groups is 1. The summed E-state index contributed by atoms with van der Waals surface area (Å²) in [5, 5.41) is 6.53. The van der Waals surface area contributed by atoms with Gasteiger partial charge in [0.25, 0.3) is 0 Å². The van der Waals surface area contributed by atoms with Crippen LogP contribution in [-0.4, -0.2) is 65.1 Å². The van der Waals surface area contributed by atoms with E-state index in [1.165, 1.54) is 7.11 Å². The van der Waals surface area contributed by atoms with Crippen molar-refractivity contribution in [2.24, 2.45) is 4.99 Å². The van der Waals surface area contributed by atoms with Crippen molar-refractivity contribution >= 4 is 11.9 Å². The molecule has 2 N–H and O–H groups in total. The summed E-state index contributed by atoms with van der Waals surface area (Å²) in [5.41, 5.74) is 0. The number of ether oxygens (including phenoxy) is 3. The number of hydrogen-bond donors (Lipinski definition) is 2. The summed E-state index contributed by atoms with van der Waals surface area (Å²) in [7, 11) is 3.19. The number of nitrogens with one attached hydrogen (secondary N) is 2. The van der Waals surface area contributed by atoms with Crippen LogP contribution in [0.2, 0.25) is 0 Å². The van der Waals surface area contributed by atoms with Gasteiger partial charge < -0.3 is 24.8 Å². The Bertz CT molecular complexity index is 344. The summed E-state index contributed by atoms with van der Waals surface area (Å²) < 4.78 is 15.6. The first-order valence-electron chi connectivity index (χ1n) is 8.47. The molecule has 7 heteroatoms. The van der Waals surface area contributed by atoms with Crippen LogP contribution >= 0.6 is 0 Å². The quantitative estimate of drug-likeness (QED) is 0.255. The number of esters is 1. The molecule has 0 aromatic heterocycles. The molecule has 1 saturated heterocycles. The van der Waals surface area contributed by atoms with E-state index in [4.69, 9.17) is 9.47 Å². The first-order chi connectivity index (χ1) is 11.3. The molecule has 0 bridgehead atoms. The monoisotopic (exact) mass is 329 g/mol. The van der Waals surface area contributed by atoms with Crippen LogP contribution in [0.5, 0.6) is 0 Å². The van der Waals surface area contributed by atoms with Crippen molar-refractivity contribution < 1.29 is 19.0 Å². The van der Waals surface area contributed by atoms with E-state index in [2.05, 4.69) is 20.4 Å². The highest BCUT2D eigenvalue weighted by molar-refractivity contribution is 5.79. The highest BCUT2D eigenvalue weighted by Gasteiger charge is 2.15. The Morgan fingerprint density at radius 3 is 2.65 bits per heavy atom. The summed E-state index contributed by atoms with van der Waals surface area (Å²) in [6.45, 7) is 3.96. The zero-order chi connectivity index (χ0) is 16.8. The Hall–Kier alpha value is -1.34. The third kappa shape index (κ3) is 10.1. The van der Waals surface area contributed by atoms with Gasteiger partial charge in [-0.2, -0.15) is 0 Å². The molecule has 23 heavy (non-hydrogen) atoms. The van der Waals surface area contributed by atoms with E-state index < -0.39 is 0 Å². The summed E-state index contributed by atoms with van der Waals surface area (Å²) in [6.07, 6.45) is 5.58. The minimum absolute atomic E-state index is 0.137. The van der Waals surface area contributed by atoms with E-state index in [0.29, 0.717) is 6.42 Å². The van der Waals surface area contributed by atoms with Crippen molar-refractivity contribution in [3.8, 4) is 0 Å². The normalized spacial score (nSPS) is 18.0.